The summed E-state index contributed by atoms with van der Waals surface area (Å²) in [7, 11) is 1.82. The third-order valence-corrected chi connectivity index (χ3v) is 2.10. The van der Waals surface area contributed by atoms with Crippen LogP contribution in [0.15, 0.2) is 30.5 Å². The van der Waals surface area contributed by atoms with E-state index in [9.17, 15) is 4.79 Å². The lowest BCUT2D eigenvalue weighted by Gasteiger charge is -2.02. The van der Waals surface area contributed by atoms with Crippen molar-refractivity contribution in [1.29, 1.82) is 0 Å². The summed E-state index contributed by atoms with van der Waals surface area (Å²) in [6, 6.07) is 7.47. The fourth-order valence-corrected chi connectivity index (χ4v) is 1.41. The Balaban J connectivity index is 2.22. The van der Waals surface area contributed by atoms with Crippen molar-refractivity contribution in [2.45, 2.75) is 6.92 Å². The predicted molar refractivity (Wildman–Crippen MR) is 60.7 cm³/mol. The average molecular weight is 216 g/mol. The Hall–Kier alpha value is -2.17. The quantitative estimate of drug-likeness (QED) is 0.826. The molecule has 1 N–H and O–H groups in total. The van der Waals surface area contributed by atoms with Crippen LogP contribution in [0.4, 0.5) is 5.69 Å². The third kappa shape index (κ3) is 2.25. The topological polar surface area (TPSA) is 59.8 Å². The molecule has 82 valence electrons. The largest absolute Gasteiger partial charge is 0.326 e. The summed E-state index contributed by atoms with van der Waals surface area (Å²) in [5.74, 6) is -0.0766. The van der Waals surface area contributed by atoms with Gasteiger partial charge >= 0.3 is 0 Å². The van der Waals surface area contributed by atoms with Gasteiger partial charge in [0.05, 0.1) is 6.20 Å². The van der Waals surface area contributed by atoms with E-state index in [1.807, 2.05) is 37.5 Å². The van der Waals surface area contributed by atoms with Gasteiger partial charge in [0.1, 0.15) is 5.69 Å². The maximum Gasteiger partial charge on any atom is 0.221 e. The van der Waals surface area contributed by atoms with Crippen molar-refractivity contribution in [3.8, 4) is 11.3 Å². The summed E-state index contributed by atoms with van der Waals surface area (Å²) in [6.07, 6.45) is 1.84. The summed E-state index contributed by atoms with van der Waals surface area (Å²) in [6.45, 7) is 1.48. The van der Waals surface area contributed by atoms with E-state index in [4.69, 9.17) is 0 Å². The van der Waals surface area contributed by atoms with Crippen LogP contribution in [0.1, 0.15) is 6.92 Å². The molecule has 1 heterocycles. The fraction of sp³-hybridized carbons (Fsp3) is 0.182. The zero-order chi connectivity index (χ0) is 11.5. The highest BCUT2D eigenvalue weighted by molar-refractivity contribution is 5.88. The van der Waals surface area contributed by atoms with Crippen LogP contribution in [0.5, 0.6) is 0 Å². The zero-order valence-corrected chi connectivity index (χ0v) is 9.14. The molecule has 2 rings (SSSR count). The van der Waals surface area contributed by atoms with Crippen LogP contribution in [0.2, 0.25) is 0 Å². The number of nitrogens with one attached hydrogen (secondary N) is 1. The summed E-state index contributed by atoms with van der Waals surface area (Å²) in [5.41, 5.74) is 2.57. The molecular formula is C11H12N4O. The van der Waals surface area contributed by atoms with Gasteiger partial charge in [0, 0.05) is 25.2 Å². The SMILES string of the molecule is CC(=O)Nc1ccc(-c2cn(C)nn2)cc1. The van der Waals surface area contributed by atoms with Gasteiger partial charge in [0.15, 0.2) is 0 Å². The third-order valence-electron chi connectivity index (χ3n) is 2.10. The first-order valence-corrected chi connectivity index (χ1v) is 4.89. The Morgan fingerprint density at radius 3 is 2.50 bits per heavy atom. The van der Waals surface area contributed by atoms with Gasteiger partial charge in [-0.15, -0.1) is 5.10 Å². The van der Waals surface area contributed by atoms with Gasteiger partial charge in [-0.1, -0.05) is 17.3 Å². The lowest BCUT2D eigenvalue weighted by molar-refractivity contribution is -0.114. The lowest BCUT2D eigenvalue weighted by atomic mass is 10.1. The molecule has 1 aromatic heterocycles. The molecule has 1 aromatic carbocycles. The van der Waals surface area contributed by atoms with Gasteiger partial charge < -0.3 is 5.32 Å². The normalized spacial score (nSPS) is 10.1. The van der Waals surface area contributed by atoms with Gasteiger partial charge in [0.2, 0.25) is 5.91 Å². The molecule has 1 amide bonds. The number of nitrogens with zero attached hydrogens (tertiary/aromatic N) is 3. The molecule has 0 fully saturated rings. The van der Waals surface area contributed by atoms with Crippen molar-refractivity contribution in [1.82, 2.24) is 15.0 Å². The standard InChI is InChI=1S/C11H12N4O/c1-8(16)12-10-5-3-9(4-6-10)11-7-15(2)14-13-11/h3-7H,1-2H3,(H,12,16). The highest BCUT2D eigenvalue weighted by Crippen LogP contribution is 2.18. The molecule has 0 aliphatic heterocycles. The van der Waals surface area contributed by atoms with E-state index in [2.05, 4.69) is 15.6 Å². The first-order valence-electron chi connectivity index (χ1n) is 4.89. The number of benzene rings is 1. The molecule has 5 nitrogen and oxygen atoms in total. The van der Waals surface area contributed by atoms with Crippen LogP contribution in [-0.2, 0) is 11.8 Å². The van der Waals surface area contributed by atoms with Gasteiger partial charge in [-0.25, -0.2) is 0 Å². The van der Waals surface area contributed by atoms with Crippen molar-refractivity contribution >= 4 is 11.6 Å². The molecule has 0 unspecified atom stereocenters. The molecule has 0 spiro atoms. The van der Waals surface area contributed by atoms with Crippen LogP contribution < -0.4 is 5.32 Å². The second-order valence-electron chi connectivity index (χ2n) is 3.54. The first kappa shape index (κ1) is 10.4. The second kappa shape index (κ2) is 4.14. The number of anilines is 1. The Bertz CT molecular complexity index is 501. The molecule has 16 heavy (non-hydrogen) atoms. The minimum atomic E-state index is -0.0766. The van der Waals surface area contributed by atoms with Crippen molar-refractivity contribution in [3.63, 3.8) is 0 Å². The van der Waals surface area contributed by atoms with Gasteiger partial charge in [0.25, 0.3) is 0 Å². The summed E-state index contributed by atoms with van der Waals surface area (Å²) >= 11 is 0. The molecule has 0 atom stereocenters. The molecule has 2 aromatic rings. The van der Waals surface area contributed by atoms with E-state index in [0.29, 0.717) is 0 Å². The van der Waals surface area contributed by atoms with E-state index < -0.39 is 0 Å². The number of hydrogen-bond donors (Lipinski definition) is 1. The summed E-state index contributed by atoms with van der Waals surface area (Å²) < 4.78 is 1.65. The molecule has 0 aliphatic rings. The van der Waals surface area contributed by atoms with Crippen LogP contribution in [-0.4, -0.2) is 20.9 Å². The number of rotatable bonds is 2. The fourth-order valence-electron chi connectivity index (χ4n) is 1.41. The van der Waals surface area contributed by atoms with Crippen LogP contribution in [0.3, 0.4) is 0 Å². The van der Waals surface area contributed by atoms with Crippen molar-refractivity contribution in [3.05, 3.63) is 30.5 Å². The van der Waals surface area contributed by atoms with Gasteiger partial charge in [-0.2, -0.15) is 0 Å². The second-order valence-corrected chi connectivity index (χ2v) is 3.54. The Morgan fingerprint density at radius 1 is 1.31 bits per heavy atom. The molecule has 5 heteroatoms. The number of aryl methyl sites for hydroxylation is 1. The molecule has 0 radical (unpaired) electrons. The average Bonchev–Trinajstić information content (AvgIpc) is 2.65. The number of carbonyl (C=O) groups is 1. The van der Waals surface area contributed by atoms with Gasteiger partial charge in [-0.3, -0.25) is 9.48 Å². The van der Waals surface area contributed by atoms with Crippen LogP contribution in [0, 0.1) is 0 Å². The lowest BCUT2D eigenvalue weighted by Crippen LogP contribution is -2.05. The van der Waals surface area contributed by atoms with E-state index in [-0.39, 0.29) is 5.91 Å². The molecule has 0 aliphatic carbocycles. The highest BCUT2D eigenvalue weighted by atomic mass is 16.1. The van der Waals surface area contributed by atoms with Crippen molar-refractivity contribution in [2.75, 3.05) is 5.32 Å². The molecular weight excluding hydrogens is 204 g/mol. The number of carbonyl (C=O) groups excluding carboxylic acids is 1. The molecule has 0 saturated carbocycles. The zero-order valence-electron chi connectivity index (χ0n) is 9.14. The molecule has 0 saturated heterocycles. The monoisotopic (exact) mass is 216 g/mol. The van der Waals surface area contributed by atoms with E-state index in [0.717, 1.165) is 16.9 Å². The van der Waals surface area contributed by atoms with Gasteiger partial charge in [-0.05, 0) is 12.1 Å². The van der Waals surface area contributed by atoms with E-state index in [1.54, 1.807) is 4.68 Å². The number of amides is 1. The summed E-state index contributed by atoms with van der Waals surface area (Å²) in [5, 5.41) is 10.6. The Labute approximate surface area is 93.1 Å². The minimum Gasteiger partial charge on any atom is -0.326 e. The maximum atomic E-state index is 10.8. The number of aromatic nitrogens is 3. The Kier molecular flexibility index (Phi) is 2.68. The minimum absolute atomic E-state index is 0.0766. The maximum absolute atomic E-state index is 10.8. The Morgan fingerprint density at radius 2 is 2.00 bits per heavy atom. The smallest absolute Gasteiger partial charge is 0.221 e. The van der Waals surface area contributed by atoms with Crippen LogP contribution in [0.25, 0.3) is 11.3 Å². The van der Waals surface area contributed by atoms with Crippen molar-refractivity contribution < 1.29 is 4.79 Å². The first-order chi connectivity index (χ1) is 7.65. The number of hydrogen-bond acceptors (Lipinski definition) is 3. The van der Waals surface area contributed by atoms with E-state index >= 15 is 0 Å². The van der Waals surface area contributed by atoms with E-state index in [1.165, 1.54) is 6.92 Å². The molecule has 0 bridgehead atoms. The summed E-state index contributed by atoms with van der Waals surface area (Å²) in [4.78, 5) is 10.8. The highest BCUT2D eigenvalue weighted by Gasteiger charge is 2.02. The van der Waals surface area contributed by atoms with Crippen molar-refractivity contribution in [2.24, 2.45) is 7.05 Å². The predicted octanol–water partition coefficient (Wildman–Crippen LogP) is 1.44. The van der Waals surface area contributed by atoms with Crippen LogP contribution >= 0.6 is 0 Å².